The standard InChI is InChI=1S/C20H34N4O2/c1-5-24(6-2)11-10-22-20(21-4)23-14-17-8-7-16(3)13-19(17)26-18-9-12-25-15-18/h7-8,13,18H,5-6,9-12,14-15H2,1-4H3,(H2,21,22,23). The Kier molecular flexibility index (Phi) is 8.71. The van der Waals surface area contributed by atoms with Gasteiger partial charge < -0.3 is 25.0 Å². The molecule has 1 heterocycles. The van der Waals surface area contributed by atoms with E-state index < -0.39 is 0 Å². The molecule has 0 saturated carbocycles. The van der Waals surface area contributed by atoms with E-state index in [1.54, 1.807) is 7.05 Å². The van der Waals surface area contributed by atoms with Crippen molar-refractivity contribution in [3.8, 4) is 5.75 Å². The minimum atomic E-state index is 0.155. The molecule has 6 heteroatoms. The van der Waals surface area contributed by atoms with Crippen LogP contribution in [-0.4, -0.2) is 63.4 Å². The number of rotatable bonds is 9. The van der Waals surface area contributed by atoms with E-state index in [-0.39, 0.29) is 6.10 Å². The number of ether oxygens (including phenoxy) is 2. The van der Waals surface area contributed by atoms with Crippen molar-refractivity contribution in [3.05, 3.63) is 29.3 Å². The Balaban J connectivity index is 1.88. The topological polar surface area (TPSA) is 58.1 Å². The van der Waals surface area contributed by atoms with Gasteiger partial charge in [-0.05, 0) is 31.6 Å². The molecule has 2 rings (SSSR count). The Morgan fingerprint density at radius 3 is 2.77 bits per heavy atom. The van der Waals surface area contributed by atoms with Crippen molar-refractivity contribution in [1.29, 1.82) is 0 Å². The third-order valence-corrected chi connectivity index (χ3v) is 4.69. The first-order chi connectivity index (χ1) is 12.7. The largest absolute Gasteiger partial charge is 0.488 e. The minimum absolute atomic E-state index is 0.155. The molecule has 2 N–H and O–H groups in total. The van der Waals surface area contributed by atoms with E-state index in [2.05, 4.69) is 59.5 Å². The van der Waals surface area contributed by atoms with Crippen molar-refractivity contribution in [2.24, 2.45) is 4.99 Å². The van der Waals surface area contributed by atoms with Gasteiger partial charge in [0.15, 0.2) is 5.96 Å². The van der Waals surface area contributed by atoms with E-state index in [9.17, 15) is 0 Å². The zero-order valence-corrected chi connectivity index (χ0v) is 16.7. The van der Waals surface area contributed by atoms with Crippen LogP contribution in [0.5, 0.6) is 5.75 Å². The van der Waals surface area contributed by atoms with Gasteiger partial charge in [0.25, 0.3) is 0 Å². The van der Waals surface area contributed by atoms with E-state index in [0.717, 1.165) is 56.5 Å². The van der Waals surface area contributed by atoms with Gasteiger partial charge in [0.1, 0.15) is 11.9 Å². The second-order valence-corrected chi connectivity index (χ2v) is 6.59. The molecule has 1 fully saturated rings. The predicted molar refractivity (Wildman–Crippen MR) is 107 cm³/mol. The monoisotopic (exact) mass is 362 g/mol. The molecule has 1 aromatic carbocycles. The molecule has 0 aliphatic carbocycles. The van der Waals surface area contributed by atoms with Crippen LogP contribution in [0.3, 0.4) is 0 Å². The van der Waals surface area contributed by atoms with Crippen LogP contribution < -0.4 is 15.4 Å². The van der Waals surface area contributed by atoms with Crippen molar-refractivity contribution in [2.45, 2.75) is 39.8 Å². The summed E-state index contributed by atoms with van der Waals surface area (Å²) in [7, 11) is 1.80. The fraction of sp³-hybridized carbons (Fsp3) is 0.650. The molecule has 0 amide bonds. The number of aliphatic imine (C=N–C) groups is 1. The molecule has 26 heavy (non-hydrogen) atoms. The normalized spacial score (nSPS) is 17.6. The van der Waals surface area contributed by atoms with Gasteiger partial charge in [0, 0.05) is 38.7 Å². The molecule has 146 valence electrons. The summed E-state index contributed by atoms with van der Waals surface area (Å²) >= 11 is 0. The summed E-state index contributed by atoms with van der Waals surface area (Å²) in [6.45, 7) is 12.6. The van der Waals surface area contributed by atoms with E-state index in [1.165, 1.54) is 5.56 Å². The van der Waals surface area contributed by atoms with Gasteiger partial charge >= 0.3 is 0 Å². The Morgan fingerprint density at radius 2 is 2.12 bits per heavy atom. The molecular weight excluding hydrogens is 328 g/mol. The number of likely N-dealkylation sites (N-methyl/N-ethyl adjacent to an activating group) is 1. The van der Waals surface area contributed by atoms with Crippen LogP contribution in [0.1, 0.15) is 31.4 Å². The van der Waals surface area contributed by atoms with Gasteiger partial charge in [-0.25, -0.2) is 0 Å². The zero-order chi connectivity index (χ0) is 18.8. The summed E-state index contributed by atoms with van der Waals surface area (Å²) < 4.78 is 11.6. The van der Waals surface area contributed by atoms with Crippen LogP contribution in [0.4, 0.5) is 0 Å². The first-order valence-electron chi connectivity index (χ1n) is 9.67. The zero-order valence-electron chi connectivity index (χ0n) is 16.7. The van der Waals surface area contributed by atoms with Crippen molar-refractivity contribution in [2.75, 3.05) is 46.4 Å². The molecule has 1 atom stereocenters. The van der Waals surface area contributed by atoms with Gasteiger partial charge in [0.05, 0.1) is 13.2 Å². The lowest BCUT2D eigenvalue weighted by atomic mass is 10.1. The molecule has 1 aliphatic heterocycles. The minimum Gasteiger partial charge on any atom is -0.488 e. The Labute approximate surface area is 158 Å². The first-order valence-corrected chi connectivity index (χ1v) is 9.67. The van der Waals surface area contributed by atoms with Crippen molar-refractivity contribution in [3.63, 3.8) is 0 Å². The highest BCUT2D eigenvalue weighted by Crippen LogP contribution is 2.23. The Morgan fingerprint density at radius 1 is 1.31 bits per heavy atom. The Bertz CT molecular complexity index is 567. The van der Waals surface area contributed by atoms with Gasteiger partial charge in [0.2, 0.25) is 0 Å². The lowest BCUT2D eigenvalue weighted by Crippen LogP contribution is -2.41. The van der Waals surface area contributed by atoms with E-state index in [0.29, 0.717) is 13.2 Å². The molecule has 1 saturated heterocycles. The smallest absolute Gasteiger partial charge is 0.191 e. The van der Waals surface area contributed by atoms with Crippen LogP contribution in [0, 0.1) is 6.92 Å². The maximum absolute atomic E-state index is 6.16. The van der Waals surface area contributed by atoms with E-state index in [4.69, 9.17) is 9.47 Å². The first kappa shape index (κ1) is 20.5. The summed E-state index contributed by atoms with van der Waals surface area (Å²) in [5, 5.41) is 6.77. The number of aryl methyl sites for hydroxylation is 1. The molecule has 1 aromatic rings. The maximum Gasteiger partial charge on any atom is 0.191 e. The summed E-state index contributed by atoms with van der Waals surface area (Å²) in [5.41, 5.74) is 2.33. The number of guanidine groups is 1. The second kappa shape index (κ2) is 11.0. The maximum atomic E-state index is 6.16. The summed E-state index contributed by atoms with van der Waals surface area (Å²) in [6.07, 6.45) is 1.11. The molecule has 1 aliphatic rings. The number of nitrogens with zero attached hydrogens (tertiary/aromatic N) is 2. The van der Waals surface area contributed by atoms with Crippen molar-refractivity contribution in [1.82, 2.24) is 15.5 Å². The summed E-state index contributed by atoms with van der Waals surface area (Å²) in [4.78, 5) is 6.70. The van der Waals surface area contributed by atoms with Crippen LogP contribution in [-0.2, 0) is 11.3 Å². The molecule has 1 unspecified atom stereocenters. The average Bonchev–Trinajstić information content (AvgIpc) is 3.15. The van der Waals surface area contributed by atoms with Crippen LogP contribution in [0.2, 0.25) is 0 Å². The fourth-order valence-electron chi connectivity index (χ4n) is 2.97. The molecule has 0 aromatic heterocycles. The van der Waals surface area contributed by atoms with Gasteiger partial charge in [-0.15, -0.1) is 0 Å². The summed E-state index contributed by atoms with van der Waals surface area (Å²) in [5.74, 6) is 1.75. The number of hydrogen-bond donors (Lipinski definition) is 2. The fourth-order valence-corrected chi connectivity index (χ4v) is 2.97. The second-order valence-electron chi connectivity index (χ2n) is 6.59. The summed E-state index contributed by atoms with van der Waals surface area (Å²) in [6, 6.07) is 6.34. The SMILES string of the molecule is CCN(CC)CCNC(=NC)NCc1ccc(C)cc1OC1CCOC1. The van der Waals surface area contributed by atoms with E-state index >= 15 is 0 Å². The van der Waals surface area contributed by atoms with Crippen LogP contribution in [0.15, 0.2) is 23.2 Å². The van der Waals surface area contributed by atoms with Gasteiger partial charge in [-0.1, -0.05) is 26.0 Å². The van der Waals surface area contributed by atoms with Crippen LogP contribution >= 0.6 is 0 Å². The highest BCUT2D eigenvalue weighted by Gasteiger charge is 2.18. The highest BCUT2D eigenvalue weighted by molar-refractivity contribution is 5.79. The number of benzene rings is 1. The van der Waals surface area contributed by atoms with Crippen molar-refractivity contribution < 1.29 is 9.47 Å². The van der Waals surface area contributed by atoms with Gasteiger partial charge in [-0.3, -0.25) is 4.99 Å². The number of nitrogens with one attached hydrogen (secondary N) is 2. The molecular formula is C20H34N4O2. The quantitative estimate of drug-likeness (QED) is 0.521. The third-order valence-electron chi connectivity index (χ3n) is 4.69. The van der Waals surface area contributed by atoms with E-state index in [1.807, 2.05) is 0 Å². The lowest BCUT2D eigenvalue weighted by Gasteiger charge is -2.20. The molecule has 6 nitrogen and oxygen atoms in total. The van der Waals surface area contributed by atoms with Crippen molar-refractivity contribution >= 4 is 5.96 Å². The average molecular weight is 363 g/mol. The molecule has 0 bridgehead atoms. The van der Waals surface area contributed by atoms with Gasteiger partial charge in [-0.2, -0.15) is 0 Å². The van der Waals surface area contributed by atoms with Crippen LogP contribution in [0.25, 0.3) is 0 Å². The number of hydrogen-bond acceptors (Lipinski definition) is 4. The highest BCUT2D eigenvalue weighted by atomic mass is 16.5. The molecule has 0 spiro atoms. The third kappa shape index (κ3) is 6.50. The Hall–Kier alpha value is -1.79. The molecule has 0 radical (unpaired) electrons. The lowest BCUT2D eigenvalue weighted by molar-refractivity contribution is 0.140. The predicted octanol–water partition coefficient (Wildman–Crippen LogP) is 2.17.